The fraction of sp³-hybridized carbons (Fsp3) is 0.333. The lowest BCUT2D eigenvalue weighted by Gasteiger charge is -2.25. The summed E-state index contributed by atoms with van der Waals surface area (Å²) in [4.78, 5) is 19.7. The number of carbonyl (C=O) groups excluding carboxylic acids is 1. The molecule has 4 nitrogen and oxygen atoms in total. The van der Waals surface area contributed by atoms with Crippen LogP contribution in [0.3, 0.4) is 0 Å². The fourth-order valence-electron chi connectivity index (χ4n) is 2.12. The summed E-state index contributed by atoms with van der Waals surface area (Å²) in [7, 11) is 0. The van der Waals surface area contributed by atoms with Crippen molar-refractivity contribution in [3.63, 3.8) is 0 Å². The fourth-order valence-corrected chi connectivity index (χ4v) is 4.13. The lowest BCUT2D eigenvalue weighted by molar-refractivity contribution is -0.117. The Kier molecular flexibility index (Phi) is 3.97. The number of nitrogens with zero attached hydrogens (tertiary/aromatic N) is 2. The molecule has 1 aliphatic rings. The number of thiazole rings is 1. The van der Waals surface area contributed by atoms with Crippen LogP contribution in [0.25, 0.3) is 0 Å². The van der Waals surface area contributed by atoms with Gasteiger partial charge in [-0.25, -0.2) is 4.98 Å². The highest BCUT2D eigenvalue weighted by molar-refractivity contribution is 9.11. The van der Waals surface area contributed by atoms with Crippen molar-refractivity contribution in [1.29, 1.82) is 0 Å². The number of nitrogens with one attached hydrogen (secondary N) is 1. The molecule has 0 aliphatic carbocycles. The summed E-state index contributed by atoms with van der Waals surface area (Å²) in [5, 5.41) is 5.60. The number of rotatable bonds is 3. The number of thiophene rings is 1. The Labute approximate surface area is 127 Å². The van der Waals surface area contributed by atoms with Gasteiger partial charge < -0.3 is 5.32 Å². The van der Waals surface area contributed by atoms with Crippen molar-refractivity contribution in [2.24, 2.45) is 0 Å². The van der Waals surface area contributed by atoms with Crippen molar-refractivity contribution < 1.29 is 4.79 Å². The number of hydrogen-bond donors (Lipinski definition) is 1. The number of hydrogen-bond acceptors (Lipinski definition) is 5. The molecule has 3 heterocycles. The van der Waals surface area contributed by atoms with Crippen LogP contribution in [-0.2, 0) is 17.8 Å². The Morgan fingerprint density at radius 1 is 1.58 bits per heavy atom. The molecule has 0 unspecified atom stereocenters. The molecule has 7 heteroatoms. The minimum absolute atomic E-state index is 0.000490. The van der Waals surface area contributed by atoms with Crippen molar-refractivity contribution in [2.75, 3.05) is 18.4 Å². The van der Waals surface area contributed by atoms with Gasteiger partial charge in [0.15, 0.2) is 5.13 Å². The normalized spacial score (nSPS) is 15.2. The van der Waals surface area contributed by atoms with Gasteiger partial charge >= 0.3 is 0 Å². The first-order valence-corrected chi connectivity index (χ1v) is 8.38. The van der Waals surface area contributed by atoms with Gasteiger partial charge in [-0.2, -0.15) is 0 Å². The molecule has 0 atom stereocenters. The zero-order chi connectivity index (χ0) is 13.2. The number of amides is 1. The number of fused-ring (bicyclic) bond motifs is 1. The van der Waals surface area contributed by atoms with Crippen LogP contribution < -0.4 is 5.32 Å². The summed E-state index contributed by atoms with van der Waals surface area (Å²) < 4.78 is 0.920. The van der Waals surface area contributed by atoms with Gasteiger partial charge in [0.1, 0.15) is 0 Å². The smallest absolute Gasteiger partial charge is 0.240 e. The van der Waals surface area contributed by atoms with Crippen LogP contribution in [0.15, 0.2) is 21.4 Å². The van der Waals surface area contributed by atoms with E-state index in [1.165, 1.54) is 21.8 Å². The summed E-state index contributed by atoms with van der Waals surface area (Å²) in [6, 6.07) is 2.15. The number of halogens is 1. The van der Waals surface area contributed by atoms with Crippen molar-refractivity contribution in [1.82, 2.24) is 9.88 Å². The molecule has 0 spiro atoms. The van der Waals surface area contributed by atoms with Gasteiger partial charge in [0.05, 0.1) is 16.5 Å². The molecule has 0 fully saturated rings. The Morgan fingerprint density at radius 3 is 3.26 bits per heavy atom. The molecule has 1 aliphatic heterocycles. The molecule has 2 aromatic heterocycles. The van der Waals surface area contributed by atoms with E-state index in [-0.39, 0.29) is 5.91 Å². The Morgan fingerprint density at radius 2 is 2.47 bits per heavy atom. The Bertz CT molecular complexity index is 595. The molecule has 1 N–H and O–H groups in total. The zero-order valence-corrected chi connectivity index (χ0v) is 13.3. The highest BCUT2D eigenvalue weighted by Crippen LogP contribution is 2.25. The molecule has 1 amide bonds. The number of anilines is 1. The third kappa shape index (κ3) is 3.22. The summed E-state index contributed by atoms with van der Waals surface area (Å²) in [5.74, 6) is 0.000490. The standard InChI is InChI=1S/C12H12BrN3OS2/c13-10-5-14-12(19-10)15-11(17)7-16-3-1-9-8(6-16)2-4-18-9/h2,4-5H,1,3,6-7H2,(H,14,15,17). The van der Waals surface area contributed by atoms with Crippen molar-refractivity contribution in [3.8, 4) is 0 Å². The van der Waals surface area contributed by atoms with Gasteiger partial charge in [-0.1, -0.05) is 11.3 Å². The van der Waals surface area contributed by atoms with Gasteiger partial charge in [-0.05, 0) is 39.4 Å². The first-order chi connectivity index (χ1) is 9.20. The summed E-state index contributed by atoms with van der Waals surface area (Å²) in [6.07, 6.45) is 2.74. The predicted octanol–water partition coefficient (Wildman–Crippen LogP) is 2.96. The highest BCUT2D eigenvalue weighted by atomic mass is 79.9. The Balaban J connectivity index is 1.56. The third-order valence-electron chi connectivity index (χ3n) is 2.98. The van der Waals surface area contributed by atoms with Gasteiger partial charge in [0, 0.05) is 18.0 Å². The van der Waals surface area contributed by atoms with E-state index in [0.717, 1.165) is 23.3 Å². The molecule has 0 saturated heterocycles. The summed E-state index contributed by atoms with van der Waals surface area (Å²) in [6.45, 7) is 2.24. The van der Waals surface area contributed by atoms with Crippen LogP contribution in [0.1, 0.15) is 10.4 Å². The van der Waals surface area contributed by atoms with E-state index in [9.17, 15) is 4.79 Å². The molecular weight excluding hydrogens is 346 g/mol. The van der Waals surface area contributed by atoms with Crippen LogP contribution in [-0.4, -0.2) is 28.9 Å². The van der Waals surface area contributed by atoms with E-state index >= 15 is 0 Å². The van der Waals surface area contributed by atoms with Crippen LogP contribution in [0, 0.1) is 0 Å². The minimum atomic E-state index is 0.000490. The molecule has 0 radical (unpaired) electrons. The zero-order valence-electron chi connectivity index (χ0n) is 10.1. The van der Waals surface area contributed by atoms with Crippen LogP contribution >= 0.6 is 38.6 Å². The quantitative estimate of drug-likeness (QED) is 0.918. The maximum absolute atomic E-state index is 11.9. The molecule has 0 bridgehead atoms. The van der Waals surface area contributed by atoms with Gasteiger partial charge in [-0.3, -0.25) is 9.69 Å². The largest absolute Gasteiger partial charge is 0.301 e. The topological polar surface area (TPSA) is 45.2 Å². The SMILES string of the molecule is O=C(CN1CCc2sccc2C1)Nc1ncc(Br)s1. The lowest BCUT2D eigenvalue weighted by Crippen LogP contribution is -2.36. The second-order valence-electron chi connectivity index (χ2n) is 4.35. The molecule has 19 heavy (non-hydrogen) atoms. The Hall–Kier alpha value is -0.760. The van der Waals surface area contributed by atoms with Crippen molar-refractivity contribution in [2.45, 2.75) is 13.0 Å². The molecule has 0 aromatic carbocycles. The minimum Gasteiger partial charge on any atom is -0.301 e. The summed E-state index contributed by atoms with van der Waals surface area (Å²) in [5.41, 5.74) is 1.36. The summed E-state index contributed by atoms with van der Waals surface area (Å²) >= 11 is 6.57. The predicted molar refractivity (Wildman–Crippen MR) is 81.7 cm³/mol. The monoisotopic (exact) mass is 357 g/mol. The van der Waals surface area contributed by atoms with E-state index in [2.05, 4.69) is 42.6 Å². The molecule has 2 aromatic rings. The maximum atomic E-state index is 11.9. The van der Waals surface area contributed by atoms with Crippen molar-refractivity contribution >= 4 is 49.6 Å². The van der Waals surface area contributed by atoms with E-state index in [0.29, 0.717) is 11.7 Å². The van der Waals surface area contributed by atoms with Crippen LogP contribution in [0.2, 0.25) is 0 Å². The molecular formula is C12H12BrN3OS2. The van der Waals surface area contributed by atoms with Gasteiger partial charge in [-0.15, -0.1) is 11.3 Å². The van der Waals surface area contributed by atoms with Crippen LogP contribution in [0.4, 0.5) is 5.13 Å². The van der Waals surface area contributed by atoms with E-state index in [1.807, 2.05) is 11.3 Å². The maximum Gasteiger partial charge on any atom is 0.240 e. The second-order valence-corrected chi connectivity index (χ2v) is 7.76. The van der Waals surface area contributed by atoms with Gasteiger partial charge in [0.2, 0.25) is 5.91 Å². The van der Waals surface area contributed by atoms with E-state index < -0.39 is 0 Å². The van der Waals surface area contributed by atoms with Crippen LogP contribution in [0.5, 0.6) is 0 Å². The van der Waals surface area contributed by atoms with E-state index in [4.69, 9.17) is 0 Å². The first-order valence-electron chi connectivity index (χ1n) is 5.89. The van der Waals surface area contributed by atoms with E-state index in [1.54, 1.807) is 6.20 Å². The average Bonchev–Trinajstić information content (AvgIpc) is 2.97. The molecule has 3 rings (SSSR count). The van der Waals surface area contributed by atoms with Gasteiger partial charge in [0.25, 0.3) is 0 Å². The average molecular weight is 358 g/mol. The number of carbonyl (C=O) groups is 1. The second kappa shape index (κ2) is 5.70. The lowest BCUT2D eigenvalue weighted by atomic mass is 10.1. The molecule has 0 saturated carbocycles. The third-order valence-corrected chi connectivity index (χ3v) is 5.39. The molecule has 100 valence electrons. The number of aromatic nitrogens is 1. The van der Waals surface area contributed by atoms with Crippen molar-refractivity contribution in [3.05, 3.63) is 31.9 Å². The highest BCUT2D eigenvalue weighted by Gasteiger charge is 2.19. The first kappa shape index (κ1) is 13.2.